The van der Waals surface area contributed by atoms with Gasteiger partial charge in [0.2, 0.25) is 0 Å². The third kappa shape index (κ3) is 2.91. The number of anilines is 1. The first-order valence-corrected chi connectivity index (χ1v) is 7.20. The van der Waals surface area contributed by atoms with Crippen LogP contribution in [0, 0.1) is 0 Å². The highest BCUT2D eigenvalue weighted by Gasteiger charge is 2.20. The van der Waals surface area contributed by atoms with Gasteiger partial charge >= 0.3 is 5.97 Å². The summed E-state index contributed by atoms with van der Waals surface area (Å²) in [4.78, 5) is 14.5. The number of sulfonamides is 1. The lowest BCUT2D eigenvalue weighted by molar-refractivity contribution is 0.0686. The number of hydrogen-bond acceptors (Lipinski definition) is 4. The fourth-order valence-corrected chi connectivity index (χ4v) is 2.72. The van der Waals surface area contributed by atoms with Crippen LogP contribution in [0.15, 0.2) is 35.5 Å². The fourth-order valence-electron chi connectivity index (χ4n) is 1.53. The monoisotopic (exact) mass is 315 g/mol. The molecule has 2 aromatic heterocycles. The minimum Gasteiger partial charge on any atom is -0.477 e. The number of halogens is 1. The second kappa shape index (κ2) is 5.14. The number of carbonyl (C=O) groups is 1. The molecule has 20 heavy (non-hydrogen) atoms. The van der Waals surface area contributed by atoms with Crippen molar-refractivity contribution in [2.24, 2.45) is 7.05 Å². The van der Waals surface area contributed by atoms with E-state index in [-0.39, 0.29) is 16.4 Å². The summed E-state index contributed by atoms with van der Waals surface area (Å²) in [5.74, 6) is -1.12. The molecule has 0 aliphatic carbocycles. The Morgan fingerprint density at radius 3 is 2.65 bits per heavy atom. The van der Waals surface area contributed by atoms with E-state index in [0.717, 1.165) is 6.07 Å². The minimum absolute atomic E-state index is 0.0927. The van der Waals surface area contributed by atoms with Crippen LogP contribution in [-0.2, 0) is 17.1 Å². The van der Waals surface area contributed by atoms with Crippen LogP contribution in [-0.4, -0.2) is 29.0 Å². The van der Waals surface area contributed by atoms with Crippen LogP contribution in [0.2, 0.25) is 5.02 Å². The third-order valence-electron chi connectivity index (χ3n) is 2.48. The highest BCUT2D eigenvalue weighted by molar-refractivity contribution is 7.92. The number of pyridine rings is 1. The van der Waals surface area contributed by atoms with Gasteiger partial charge in [0.25, 0.3) is 10.0 Å². The zero-order valence-electron chi connectivity index (χ0n) is 10.2. The lowest BCUT2D eigenvalue weighted by Gasteiger charge is -2.05. The Hall–Kier alpha value is -2.06. The Bertz CT molecular complexity index is 752. The fraction of sp³-hybridized carbons (Fsp3) is 0.0909. The SMILES string of the molecule is Cn1cc(S(=O)(=O)Nc2ccc(Cl)cn2)cc1C(=O)O. The maximum absolute atomic E-state index is 12.1. The molecule has 9 heteroatoms. The minimum atomic E-state index is -3.90. The molecule has 0 aliphatic heterocycles. The van der Waals surface area contributed by atoms with E-state index in [1.807, 2.05) is 0 Å². The van der Waals surface area contributed by atoms with Gasteiger partial charge in [0.15, 0.2) is 0 Å². The highest BCUT2D eigenvalue weighted by Crippen LogP contribution is 2.18. The Morgan fingerprint density at radius 2 is 2.15 bits per heavy atom. The number of carboxylic acids is 1. The van der Waals surface area contributed by atoms with Gasteiger partial charge in [-0.1, -0.05) is 11.6 Å². The van der Waals surface area contributed by atoms with Crippen molar-refractivity contribution in [1.29, 1.82) is 0 Å². The standard InChI is InChI=1S/C11H10ClN3O4S/c1-15-6-8(4-9(15)11(16)17)20(18,19)14-10-3-2-7(12)5-13-10/h2-6H,1H3,(H,13,14)(H,16,17). The van der Waals surface area contributed by atoms with Crippen molar-refractivity contribution >= 4 is 33.4 Å². The second-order valence-electron chi connectivity index (χ2n) is 3.94. The average Bonchev–Trinajstić information content (AvgIpc) is 2.75. The number of nitrogens with zero attached hydrogens (tertiary/aromatic N) is 2. The number of aryl methyl sites for hydroxylation is 1. The molecule has 0 amide bonds. The predicted octanol–water partition coefficient (Wildman–Crippen LogP) is 1.57. The molecular weight excluding hydrogens is 306 g/mol. The zero-order valence-corrected chi connectivity index (χ0v) is 11.8. The molecule has 106 valence electrons. The van der Waals surface area contributed by atoms with E-state index in [1.165, 1.54) is 36.1 Å². The molecule has 0 aromatic carbocycles. The Balaban J connectivity index is 2.33. The zero-order chi connectivity index (χ0) is 14.9. The van der Waals surface area contributed by atoms with Crippen LogP contribution in [0.3, 0.4) is 0 Å². The molecule has 0 bridgehead atoms. The summed E-state index contributed by atoms with van der Waals surface area (Å²) < 4.78 is 27.6. The molecule has 0 radical (unpaired) electrons. The van der Waals surface area contributed by atoms with Gasteiger partial charge < -0.3 is 9.67 Å². The van der Waals surface area contributed by atoms with Crippen molar-refractivity contribution in [3.05, 3.63) is 41.3 Å². The normalized spacial score (nSPS) is 11.3. The molecular formula is C11H10ClN3O4S. The summed E-state index contributed by atoms with van der Waals surface area (Å²) in [7, 11) is -2.45. The Kier molecular flexibility index (Phi) is 3.69. The Morgan fingerprint density at radius 1 is 1.45 bits per heavy atom. The van der Waals surface area contributed by atoms with Crippen LogP contribution in [0.25, 0.3) is 0 Å². The van der Waals surface area contributed by atoms with Crippen LogP contribution in [0.4, 0.5) is 5.82 Å². The van der Waals surface area contributed by atoms with Gasteiger partial charge in [0.1, 0.15) is 16.4 Å². The summed E-state index contributed by atoms with van der Waals surface area (Å²) in [6.07, 6.45) is 2.51. The predicted molar refractivity (Wildman–Crippen MR) is 72.4 cm³/mol. The molecule has 0 spiro atoms. The number of carboxylic acid groups (broad SMARTS) is 1. The maximum atomic E-state index is 12.1. The molecule has 2 heterocycles. The molecule has 0 fully saturated rings. The molecule has 0 saturated carbocycles. The summed E-state index contributed by atoms with van der Waals surface area (Å²) in [5, 5.41) is 9.28. The quantitative estimate of drug-likeness (QED) is 0.891. The number of hydrogen-bond donors (Lipinski definition) is 2. The lowest BCUT2D eigenvalue weighted by atomic mass is 10.4. The van der Waals surface area contributed by atoms with Crippen LogP contribution < -0.4 is 4.72 Å². The second-order valence-corrected chi connectivity index (χ2v) is 6.06. The first-order valence-electron chi connectivity index (χ1n) is 5.33. The third-order valence-corrected chi connectivity index (χ3v) is 4.02. The van der Waals surface area contributed by atoms with Crippen LogP contribution >= 0.6 is 11.6 Å². The molecule has 7 nitrogen and oxygen atoms in total. The number of aromatic nitrogens is 2. The lowest BCUT2D eigenvalue weighted by Crippen LogP contribution is -2.13. The first-order chi connectivity index (χ1) is 9.29. The van der Waals surface area contributed by atoms with Gasteiger partial charge in [-0.15, -0.1) is 0 Å². The summed E-state index contributed by atoms with van der Waals surface area (Å²) >= 11 is 5.65. The molecule has 0 saturated heterocycles. The van der Waals surface area contributed by atoms with Crippen LogP contribution in [0.5, 0.6) is 0 Å². The smallest absolute Gasteiger partial charge is 0.352 e. The van der Waals surface area contributed by atoms with Crippen molar-refractivity contribution in [2.75, 3.05) is 4.72 Å². The molecule has 2 rings (SSSR count). The van der Waals surface area contributed by atoms with Gasteiger partial charge in [0, 0.05) is 19.4 Å². The molecule has 2 aromatic rings. The van der Waals surface area contributed by atoms with Crippen molar-refractivity contribution in [1.82, 2.24) is 9.55 Å². The van der Waals surface area contributed by atoms with E-state index in [9.17, 15) is 13.2 Å². The van der Waals surface area contributed by atoms with Crippen molar-refractivity contribution in [2.45, 2.75) is 4.90 Å². The Labute approximate surface area is 119 Å². The van der Waals surface area contributed by atoms with Gasteiger partial charge in [-0.3, -0.25) is 4.72 Å². The van der Waals surface area contributed by atoms with Gasteiger partial charge in [-0.05, 0) is 18.2 Å². The average molecular weight is 316 g/mol. The van der Waals surface area contributed by atoms with Crippen molar-refractivity contribution in [3.63, 3.8) is 0 Å². The summed E-state index contributed by atoms with van der Waals surface area (Å²) in [6, 6.07) is 3.96. The van der Waals surface area contributed by atoms with Gasteiger partial charge in [-0.25, -0.2) is 18.2 Å². The van der Waals surface area contributed by atoms with E-state index >= 15 is 0 Å². The van der Waals surface area contributed by atoms with Gasteiger partial charge in [0.05, 0.1) is 5.02 Å². The van der Waals surface area contributed by atoms with E-state index in [0.29, 0.717) is 5.02 Å². The largest absolute Gasteiger partial charge is 0.477 e. The van der Waals surface area contributed by atoms with Crippen molar-refractivity contribution in [3.8, 4) is 0 Å². The topological polar surface area (TPSA) is 101 Å². The van der Waals surface area contributed by atoms with Gasteiger partial charge in [-0.2, -0.15) is 0 Å². The number of rotatable bonds is 4. The van der Waals surface area contributed by atoms with E-state index < -0.39 is 16.0 Å². The van der Waals surface area contributed by atoms with E-state index in [1.54, 1.807) is 0 Å². The molecule has 0 unspecified atom stereocenters. The number of nitrogens with one attached hydrogen (secondary N) is 1. The first kappa shape index (κ1) is 14.4. The molecule has 2 N–H and O–H groups in total. The van der Waals surface area contributed by atoms with Crippen LogP contribution in [0.1, 0.15) is 10.5 Å². The molecule has 0 aliphatic rings. The van der Waals surface area contributed by atoms with E-state index in [4.69, 9.17) is 16.7 Å². The number of aromatic carboxylic acids is 1. The maximum Gasteiger partial charge on any atom is 0.352 e. The molecule has 0 atom stereocenters. The summed E-state index contributed by atoms with van der Waals surface area (Å²) in [5.41, 5.74) is -0.130. The van der Waals surface area contributed by atoms with E-state index in [2.05, 4.69) is 9.71 Å². The van der Waals surface area contributed by atoms with Crippen molar-refractivity contribution < 1.29 is 18.3 Å². The highest BCUT2D eigenvalue weighted by atomic mass is 35.5. The summed E-state index contributed by atoms with van der Waals surface area (Å²) in [6.45, 7) is 0.